The topological polar surface area (TPSA) is 29.5 Å². The number of ether oxygens (including phenoxy) is 1. The summed E-state index contributed by atoms with van der Waals surface area (Å²) in [5.41, 5.74) is 1.89. The fraction of sp³-hybridized carbons (Fsp3) is 0.231. The molecule has 1 atom stereocenters. The van der Waals surface area contributed by atoms with Crippen molar-refractivity contribution in [3.63, 3.8) is 0 Å². The van der Waals surface area contributed by atoms with Gasteiger partial charge >= 0.3 is 0 Å². The Labute approximate surface area is 113 Å². The van der Waals surface area contributed by atoms with Crippen LogP contribution in [0.4, 0.5) is 0 Å². The highest BCUT2D eigenvalue weighted by molar-refractivity contribution is 9.10. The van der Waals surface area contributed by atoms with Crippen LogP contribution in [0.3, 0.4) is 0 Å². The highest BCUT2D eigenvalue weighted by Crippen LogP contribution is 2.35. The molecule has 0 aliphatic carbocycles. The maximum absolute atomic E-state index is 10.4. The number of methoxy groups -OCH3 is 1. The van der Waals surface area contributed by atoms with Gasteiger partial charge in [-0.1, -0.05) is 15.9 Å². The van der Waals surface area contributed by atoms with Crippen LogP contribution in [0.15, 0.2) is 34.1 Å². The molecule has 1 heterocycles. The summed E-state index contributed by atoms with van der Waals surface area (Å²) < 4.78 is 6.22. The summed E-state index contributed by atoms with van der Waals surface area (Å²) in [6, 6.07) is 7.65. The van der Waals surface area contributed by atoms with Gasteiger partial charge in [0.15, 0.2) is 0 Å². The van der Waals surface area contributed by atoms with Gasteiger partial charge < -0.3 is 9.84 Å². The molecule has 90 valence electrons. The molecule has 0 amide bonds. The van der Waals surface area contributed by atoms with E-state index in [1.165, 1.54) is 0 Å². The minimum Gasteiger partial charge on any atom is -0.496 e. The molecule has 1 N–H and O–H groups in total. The lowest BCUT2D eigenvalue weighted by Gasteiger charge is -2.15. The summed E-state index contributed by atoms with van der Waals surface area (Å²) in [5.74, 6) is 0.702. The van der Waals surface area contributed by atoms with Gasteiger partial charge in [0.2, 0.25) is 0 Å². The highest BCUT2D eigenvalue weighted by atomic mass is 79.9. The van der Waals surface area contributed by atoms with Crippen molar-refractivity contribution in [1.29, 1.82) is 0 Å². The number of aliphatic hydroxyl groups is 1. The van der Waals surface area contributed by atoms with Crippen molar-refractivity contribution in [1.82, 2.24) is 0 Å². The van der Waals surface area contributed by atoms with Gasteiger partial charge in [-0.3, -0.25) is 0 Å². The zero-order valence-corrected chi connectivity index (χ0v) is 12.0. The van der Waals surface area contributed by atoms with E-state index in [0.717, 1.165) is 20.5 Å². The smallest absolute Gasteiger partial charge is 0.125 e. The molecule has 2 rings (SSSR count). The second-order valence-electron chi connectivity index (χ2n) is 3.76. The Kier molecular flexibility index (Phi) is 3.86. The zero-order valence-electron chi connectivity index (χ0n) is 9.61. The van der Waals surface area contributed by atoms with Crippen molar-refractivity contribution < 1.29 is 9.84 Å². The number of hydrogen-bond acceptors (Lipinski definition) is 3. The minimum atomic E-state index is -0.637. The van der Waals surface area contributed by atoms with Crippen LogP contribution in [-0.2, 0) is 0 Å². The predicted molar refractivity (Wildman–Crippen MR) is 73.8 cm³/mol. The van der Waals surface area contributed by atoms with Gasteiger partial charge in [0.25, 0.3) is 0 Å². The molecule has 1 aromatic heterocycles. The van der Waals surface area contributed by atoms with Gasteiger partial charge in [0, 0.05) is 14.9 Å². The molecular formula is C13H13BrO2S. The van der Waals surface area contributed by atoms with Crippen molar-refractivity contribution in [2.45, 2.75) is 13.0 Å². The van der Waals surface area contributed by atoms with E-state index >= 15 is 0 Å². The number of rotatable bonds is 3. The first-order valence-electron chi connectivity index (χ1n) is 5.19. The van der Waals surface area contributed by atoms with Crippen LogP contribution in [0.5, 0.6) is 5.75 Å². The molecule has 1 aromatic carbocycles. The van der Waals surface area contributed by atoms with Crippen molar-refractivity contribution in [3.8, 4) is 5.75 Å². The van der Waals surface area contributed by atoms with E-state index in [-0.39, 0.29) is 0 Å². The molecule has 0 aliphatic heterocycles. The first-order valence-corrected chi connectivity index (χ1v) is 6.86. The summed E-state index contributed by atoms with van der Waals surface area (Å²) in [7, 11) is 1.61. The molecule has 0 radical (unpaired) electrons. The van der Waals surface area contributed by atoms with Gasteiger partial charge in [-0.25, -0.2) is 0 Å². The van der Waals surface area contributed by atoms with Crippen LogP contribution in [0.25, 0.3) is 0 Å². The second-order valence-corrected chi connectivity index (χ2v) is 5.62. The third-order valence-electron chi connectivity index (χ3n) is 2.64. The lowest BCUT2D eigenvalue weighted by molar-refractivity contribution is 0.217. The van der Waals surface area contributed by atoms with E-state index in [0.29, 0.717) is 5.75 Å². The maximum atomic E-state index is 10.4. The van der Waals surface area contributed by atoms with E-state index in [2.05, 4.69) is 15.9 Å². The number of thiophene rings is 1. The molecule has 2 nitrogen and oxygen atoms in total. The Bertz CT molecular complexity index is 522. The van der Waals surface area contributed by atoms with E-state index in [1.807, 2.05) is 36.6 Å². The van der Waals surface area contributed by atoms with Gasteiger partial charge in [-0.2, -0.15) is 0 Å². The Morgan fingerprint density at radius 3 is 2.71 bits per heavy atom. The molecule has 0 spiro atoms. The monoisotopic (exact) mass is 312 g/mol. The van der Waals surface area contributed by atoms with E-state index in [1.54, 1.807) is 18.4 Å². The fourth-order valence-electron chi connectivity index (χ4n) is 1.72. The molecule has 17 heavy (non-hydrogen) atoms. The number of hydrogen-bond donors (Lipinski definition) is 1. The Hall–Kier alpha value is -0.840. The van der Waals surface area contributed by atoms with Crippen molar-refractivity contribution >= 4 is 27.3 Å². The fourth-order valence-corrected chi connectivity index (χ4v) is 3.03. The molecule has 1 unspecified atom stereocenters. The maximum Gasteiger partial charge on any atom is 0.125 e. The van der Waals surface area contributed by atoms with Crippen molar-refractivity contribution in [3.05, 3.63) is 50.1 Å². The largest absolute Gasteiger partial charge is 0.496 e. The normalized spacial score (nSPS) is 12.5. The lowest BCUT2D eigenvalue weighted by Crippen LogP contribution is -2.02. The quantitative estimate of drug-likeness (QED) is 0.931. The first kappa shape index (κ1) is 12.6. The summed E-state index contributed by atoms with van der Waals surface area (Å²) in [6.45, 7) is 2.00. The van der Waals surface area contributed by atoms with Crippen molar-refractivity contribution in [2.24, 2.45) is 0 Å². The summed E-state index contributed by atoms with van der Waals surface area (Å²) >= 11 is 4.97. The molecule has 0 saturated carbocycles. The number of halogens is 1. The van der Waals surface area contributed by atoms with E-state index in [4.69, 9.17) is 4.74 Å². The minimum absolute atomic E-state index is 0.637. The predicted octanol–water partition coefficient (Wildman–Crippen LogP) is 3.91. The van der Waals surface area contributed by atoms with Gasteiger partial charge in [0.1, 0.15) is 11.9 Å². The molecule has 4 heteroatoms. The molecule has 0 aliphatic rings. The average molecular weight is 313 g/mol. The summed E-state index contributed by atoms with van der Waals surface area (Å²) in [4.78, 5) is 0.960. The van der Waals surface area contributed by atoms with Crippen molar-refractivity contribution in [2.75, 3.05) is 7.11 Å². The van der Waals surface area contributed by atoms with Crippen LogP contribution in [0, 0.1) is 6.92 Å². The standard InChI is InChI=1S/C13H13BrO2S/c1-8-5-6-17-13(8)12(15)10-7-9(14)3-4-11(10)16-2/h3-7,12,15H,1-2H3. The molecule has 2 aromatic rings. The molecular weight excluding hydrogens is 300 g/mol. The molecule has 0 saturated heterocycles. The number of benzene rings is 1. The van der Waals surface area contributed by atoms with Crippen LogP contribution in [0.2, 0.25) is 0 Å². The van der Waals surface area contributed by atoms with Crippen LogP contribution >= 0.6 is 27.3 Å². The lowest BCUT2D eigenvalue weighted by atomic mass is 10.0. The molecule has 0 bridgehead atoms. The average Bonchev–Trinajstić information content (AvgIpc) is 2.74. The van der Waals surface area contributed by atoms with Gasteiger partial charge in [-0.05, 0) is 42.1 Å². The van der Waals surface area contributed by atoms with Gasteiger partial charge in [-0.15, -0.1) is 11.3 Å². The van der Waals surface area contributed by atoms with Crippen LogP contribution in [-0.4, -0.2) is 12.2 Å². The van der Waals surface area contributed by atoms with Crippen LogP contribution < -0.4 is 4.74 Å². The third-order valence-corrected chi connectivity index (χ3v) is 4.20. The number of aryl methyl sites for hydroxylation is 1. The zero-order chi connectivity index (χ0) is 12.4. The number of aliphatic hydroxyl groups excluding tert-OH is 1. The second kappa shape index (κ2) is 5.21. The van der Waals surface area contributed by atoms with Crippen LogP contribution in [0.1, 0.15) is 22.1 Å². The Morgan fingerprint density at radius 2 is 2.12 bits per heavy atom. The van der Waals surface area contributed by atoms with E-state index in [9.17, 15) is 5.11 Å². The third kappa shape index (κ3) is 2.54. The van der Waals surface area contributed by atoms with Gasteiger partial charge in [0.05, 0.1) is 7.11 Å². The first-order chi connectivity index (χ1) is 8.13. The Morgan fingerprint density at radius 1 is 1.35 bits per heavy atom. The SMILES string of the molecule is COc1ccc(Br)cc1C(O)c1sccc1C. The summed E-state index contributed by atoms with van der Waals surface area (Å²) in [6.07, 6.45) is -0.637. The summed E-state index contributed by atoms with van der Waals surface area (Å²) in [5, 5.41) is 12.4. The van der Waals surface area contributed by atoms with E-state index < -0.39 is 6.10 Å². The highest BCUT2D eigenvalue weighted by Gasteiger charge is 2.18. The molecule has 0 fully saturated rings. The Balaban J connectivity index is 2.46.